The molecule has 0 aliphatic carbocycles. The number of nitrogen functional groups attached to an aromatic ring is 1. The first-order valence-electron chi connectivity index (χ1n) is 6.30. The molecule has 4 nitrogen and oxygen atoms in total. The van der Waals surface area contributed by atoms with Gasteiger partial charge in [0.05, 0.1) is 0 Å². The summed E-state index contributed by atoms with van der Waals surface area (Å²) in [7, 11) is 0. The van der Waals surface area contributed by atoms with Gasteiger partial charge in [-0.05, 0) is 22.5 Å². The van der Waals surface area contributed by atoms with Crippen molar-refractivity contribution in [1.29, 1.82) is 0 Å². The van der Waals surface area contributed by atoms with Gasteiger partial charge in [-0.1, -0.05) is 46.1 Å². The minimum atomic E-state index is 0. The molecule has 2 rings (SSSR count). The molecule has 0 saturated carbocycles. The molecule has 19 heavy (non-hydrogen) atoms. The third kappa shape index (κ3) is 2.91. The monoisotopic (exact) mass is 326 g/mol. The molecule has 0 saturated heterocycles. The van der Waals surface area contributed by atoms with E-state index >= 15 is 0 Å². The van der Waals surface area contributed by atoms with E-state index in [1.807, 2.05) is 4.52 Å². The molecule has 2 heterocycles. The molecule has 0 aliphatic heterocycles. The Morgan fingerprint density at radius 1 is 1.11 bits per heavy atom. The summed E-state index contributed by atoms with van der Waals surface area (Å²) in [6, 6.07) is 2.25. The fraction of sp³-hybridized carbons (Fsp3) is 0.571. The molecule has 2 aromatic heterocycles. The molecule has 0 amide bonds. The zero-order valence-corrected chi connectivity index (χ0v) is 14.1. The molecule has 0 bridgehead atoms. The fourth-order valence-corrected chi connectivity index (χ4v) is 2.05. The van der Waals surface area contributed by atoms with E-state index in [2.05, 4.69) is 58.9 Å². The van der Waals surface area contributed by atoms with E-state index in [0.717, 1.165) is 5.65 Å². The Morgan fingerprint density at radius 3 is 2.16 bits per heavy atom. The number of hydrogen-bond acceptors (Lipinski definition) is 2. The summed E-state index contributed by atoms with van der Waals surface area (Å²) in [5.74, 6) is 5.97. The zero-order chi connectivity index (χ0) is 13.7. The van der Waals surface area contributed by atoms with E-state index in [9.17, 15) is 0 Å². The normalized spacial score (nSPS) is 12.5. The summed E-state index contributed by atoms with van der Waals surface area (Å²) in [6.07, 6.45) is 3.71. The van der Waals surface area contributed by atoms with E-state index in [1.165, 1.54) is 11.1 Å². The molecular weight excluding hydrogens is 304 g/mol. The lowest BCUT2D eigenvalue weighted by Crippen LogP contribution is -3.00. The third-order valence-corrected chi connectivity index (χ3v) is 3.24. The lowest BCUT2D eigenvalue weighted by Gasteiger charge is -2.23. The molecule has 0 atom stereocenters. The van der Waals surface area contributed by atoms with Crippen LogP contribution in [0.1, 0.15) is 52.7 Å². The van der Waals surface area contributed by atoms with E-state index in [1.54, 1.807) is 11.0 Å². The first-order chi connectivity index (χ1) is 8.10. The van der Waals surface area contributed by atoms with E-state index in [-0.39, 0.29) is 27.8 Å². The van der Waals surface area contributed by atoms with Crippen LogP contribution in [0.4, 0.5) is 0 Å². The quantitative estimate of drug-likeness (QED) is 0.495. The average Bonchev–Trinajstić information content (AvgIpc) is 2.56. The maximum atomic E-state index is 5.97. The molecule has 0 aromatic carbocycles. The van der Waals surface area contributed by atoms with E-state index in [0.29, 0.717) is 0 Å². The lowest BCUT2D eigenvalue weighted by molar-refractivity contribution is -0.613. The smallest absolute Gasteiger partial charge is 0.290 e. The van der Waals surface area contributed by atoms with Crippen molar-refractivity contribution in [2.75, 3.05) is 5.84 Å². The van der Waals surface area contributed by atoms with Gasteiger partial charge >= 0.3 is 0 Å². The summed E-state index contributed by atoms with van der Waals surface area (Å²) in [4.78, 5) is 0. The SMILES string of the molecule is CC(C)(C)c1cc(C(C)(C)C)c2n(c1)nc[n+]2N.[Br-]. The summed E-state index contributed by atoms with van der Waals surface area (Å²) in [5.41, 5.74) is 3.57. The highest BCUT2D eigenvalue weighted by molar-refractivity contribution is 5.49. The number of nitrogens with two attached hydrogens (primary N) is 1. The number of nitrogens with zero attached hydrogens (tertiary/aromatic N) is 3. The molecule has 5 heteroatoms. The minimum Gasteiger partial charge on any atom is -1.00 e. The summed E-state index contributed by atoms with van der Waals surface area (Å²) in [5, 5.41) is 4.32. The Kier molecular flexibility index (Phi) is 4.01. The average molecular weight is 327 g/mol. The van der Waals surface area contributed by atoms with Gasteiger partial charge in [-0.2, -0.15) is 0 Å². The van der Waals surface area contributed by atoms with Crippen LogP contribution in [0, 0.1) is 0 Å². The van der Waals surface area contributed by atoms with E-state index < -0.39 is 0 Å². The summed E-state index contributed by atoms with van der Waals surface area (Å²) < 4.78 is 3.47. The summed E-state index contributed by atoms with van der Waals surface area (Å²) in [6.45, 7) is 13.2. The predicted octanol–water partition coefficient (Wildman–Crippen LogP) is -1.07. The number of pyridine rings is 1. The highest BCUT2D eigenvalue weighted by Gasteiger charge is 2.28. The molecule has 2 N–H and O–H groups in total. The van der Waals surface area contributed by atoms with Gasteiger partial charge in [-0.3, -0.25) is 5.84 Å². The van der Waals surface area contributed by atoms with Crippen molar-refractivity contribution >= 4 is 5.65 Å². The van der Waals surface area contributed by atoms with Crippen LogP contribution in [-0.2, 0) is 10.8 Å². The van der Waals surface area contributed by atoms with Gasteiger partial charge in [0.1, 0.15) is 6.20 Å². The summed E-state index contributed by atoms with van der Waals surface area (Å²) >= 11 is 0. The van der Waals surface area contributed by atoms with Crippen molar-refractivity contribution in [2.45, 2.75) is 52.4 Å². The molecule has 0 unspecified atom stereocenters. The van der Waals surface area contributed by atoms with Gasteiger partial charge in [0.2, 0.25) is 0 Å². The maximum Gasteiger partial charge on any atom is 0.290 e. The predicted molar refractivity (Wildman–Crippen MR) is 72.9 cm³/mol. The Hall–Kier alpha value is -1.10. The second-order valence-electron chi connectivity index (χ2n) is 6.95. The Morgan fingerprint density at radius 2 is 1.68 bits per heavy atom. The number of rotatable bonds is 0. The maximum absolute atomic E-state index is 5.97. The van der Waals surface area contributed by atoms with Gasteiger partial charge in [0, 0.05) is 10.7 Å². The number of hydrogen-bond donors (Lipinski definition) is 1. The van der Waals surface area contributed by atoms with Crippen LogP contribution >= 0.6 is 0 Å². The largest absolute Gasteiger partial charge is 1.00 e. The van der Waals surface area contributed by atoms with Crippen molar-refractivity contribution in [1.82, 2.24) is 9.61 Å². The molecule has 0 radical (unpaired) electrons. The van der Waals surface area contributed by atoms with Crippen LogP contribution in [0.2, 0.25) is 0 Å². The van der Waals surface area contributed by atoms with Gasteiger partial charge in [-0.15, -0.1) is 4.68 Å². The van der Waals surface area contributed by atoms with Crippen LogP contribution in [0.5, 0.6) is 0 Å². The van der Waals surface area contributed by atoms with Gasteiger partial charge in [0.25, 0.3) is 12.0 Å². The topological polar surface area (TPSA) is 47.2 Å². The lowest BCUT2D eigenvalue weighted by atomic mass is 9.82. The van der Waals surface area contributed by atoms with Crippen molar-refractivity contribution in [3.05, 3.63) is 29.7 Å². The molecule has 106 valence electrons. The molecule has 0 fully saturated rings. The van der Waals surface area contributed by atoms with Crippen LogP contribution in [-0.4, -0.2) is 9.61 Å². The van der Waals surface area contributed by atoms with Gasteiger partial charge in [-0.25, -0.2) is 0 Å². The number of halogens is 1. The highest BCUT2D eigenvalue weighted by Crippen LogP contribution is 2.30. The Labute approximate surface area is 125 Å². The van der Waals surface area contributed by atoms with Crippen molar-refractivity contribution in [2.24, 2.45) is 0 Å². The second kappa shape index (κ2) is 4.78. The molecule has 0 spiro atoms. The van der Waals surface area contributed by atoms with Gasteiger partial charge < -0.3 is 17.0 Å². The van der Waals surface area contributed by atoms with E-state index in [4.69, 9.17) is 5.84 Å². The minimum absolute atomic E-state index is 0. The Bertz CT molecular complexity index is 588. The number of fused-ring (bicyclic) bond motifs is 1. The standard InChI is InChI=1S/C14H23N4.BrH/c1-13(2,3)10-7-11(14(4,5)6)12-17(15)9-16-18(12)8-10;/h7-9H,15H2,1-6H3;1H/q+1;/p-1. The first kappa shape index (κ1) is 16.0. The second-order valence-corrected chi connectivity index (χ2v) is 6.95. The third-order valence-electron chi connectivity index (χ3n) is 3.24. The molecular formula is C14H23BrN4. The van der Waals surface area contributed by atoms with Crippen LogP contribution in [0.25, 0.3) is 5.65 Å². The fourth-order valence-electron chi connectivity index (χ4n) is 2.05. The van der Waals surface area contributed by atoms with Crippen LogP contribution in [0.3, 0.4) is 0 Å². The zero-order valence-electron chi connectivity index (χ0n) is 12.5. The molecule has 0 aliphatic rings. The van der Waals surface area contributed by atoms with Crippen LogP contribution in [0.15, 0.2) is 18.6 Å². The van der Waals surface area contributed by atoms with Gasteiger partial charge in [0.15, 0.2) is 0 Å². The Balaban J connectivity index is 0.00000180. The van der Waals surface area contributed by atoms with Crippen molar-refractivity contribution < 1.29 is 21.7 Å². The highest BCUT2D eigenvalue weighted by atomic mass is 79.9. The number of aromatic nitrogens is 3. The van der Waals surface area contributed by atoms with Crippen molar-refractivity contribution in [3.63, 3.8) is 0 Å². The first-order valence-corrected chi connectivity index (χ1v) is 6.30. The molecule has 2 aromatic rings. The van der Waals surface area contributed by atoms with Crippen LogP contribution < -0.4 is 27.5 Å². The van der Waals surface area contributed by atoms with Crippen molar-refractivity contribution in [3.8, 4) is 0 Å².